The van der Waals surface area contributed by atoms with Gasteiger partial charge in [0.15, 0.2) is 11.0 Å². The molecule has 2 heterocycles. The van der Waals surface area contributed by atoms with Gasteiger partial charge < -0.3 is 14.4 Å². The molecule has 0 amide bonds. The molecule has 0 aliphatic carbocycles. The molecule has 0 saturated carbocycles. The first kappa shape index (κ1) is 23.1. The van der Waals surface area contributed by atoms with Gasteiger partial charge in [-0.1, -0.05) is 36.0 Å². The molecule has 0 radical (unpaired) electrons. The van der Waals surface area contributed by atoms with Crippen molar-refractivity contribution in [2.45, 2.75) is 37.8 Å². The van der Waals surface area contributed by atoms with Gasteiger partial charge in [-0.2, -0.15) is 0 Å². The van der Waals surface area contributed by atoms with E-state index >= 15 is 0 Å². The van der Waals surface area contributed by atoms with Crippen molar-refractivity contribution >= 4 is 58.1 Å². The Kier molecular flexibility index (Phi) is 7.14. The summed E-state index contributed by atoms with van der Waals surface area (Å²) < 4.78 is 11.6. The minimum atomic E-state index is -0.359. The number of ether oxygens (including phenoxy) is 2. The SMILES string of the molecule is COc1cccc(N2C(SC)=NC(=Nc3ccccc3)C23CCOC(C)(C)C3)c1.I. The normalized spacial score (nSPS) is 23.9. The fourth-order valence-corrected chi connectivity index (χ4v) is 4.89. The molecule has 1 atom stereocenters. The van der Waals surface area contributed by atoms with E-state index in [1.165, 1.54) is 0 Å². The van der Waals surface area contributed by atoms with Gasteiger partial charge in [0.1, 0.15) is 11.3 Å². The van der Waals surface area contributed by atoms with E-state index in [2.05, 4.69) is 37.1 Å². The van der Waals surface area contributed by atoms with E-state index in [-0.39, 0.29) is 35.1 Å². The average molecular weight is 537 g/mol. The molecule has 30 heavy (non-hydrogen) atoms. The van der Waals surface area contributed by atoms with Gasteiger partial charge in [0.05, 0.1) is 18.4 Å². The zero-order valence-electron chi connectivity index (χ0n) is 17.8. The van der Waals surface area contributed by atoms with Crippen LogP contribution in [0.25, 0.3) is 0 Å². The number of para-hydroxylation sites is 1. The second kappa shape index (κ2) is 9.28. The van der Waals surface area contributed by atoms with Crippen LogP contribution in [0.1, 0.15) is 26.7 Å². The minimum absolute atomic E-state index is 0. The molecule has 160 valence electrons. The van der Waals surface area contributed by atoms with E-state index in [9.17, 15) is 0 Å². The van der Waals surface area contributed by atoms with Gasteiger partial charge in [0.25, 0.3) is 0 Å². The van der Waals surface area contributed by atoms with Gasteiger partial charge >= 0.3 is 0 Å². The summed E-state index contributed by atoms with van der Waals surface area (Å²) in [5.74, 6) is 1.69. The van der Waals surface area contributed by atoms with E-state index in [0.29, 0.717) is 6.61 Å². The number of methoxy groups -OCH3 is 1. The van der Waals surface area contributed by atoms with Crippen molar-refractivity contribution in [3.05, 3.63) is 54.6 Å². The fourth-order valence-electron chi connectivity index (χ4n) is 4.25. The van der Waals surface area contributed by atoms with Crippen molar-refractivity contribution in [2.75, 3.05) is 24.9 Å². The van der Waals surface area contributed by atoms with E-state index in [1.54, 1.807) is 18.9 Å². The molecule has 2 aliphatic rings. The molecule has 2 aromatic rings. The lowest BCUT2D eigenvalue weighted by Crippen LogP contribution is -2.59. The number of hydrogen-bond donors (Lipinski definition) is 0. The first-order valence-corrected chi connectivity index (χ1v) is 11.1. The van der Waals surface area contributed by atoms with Crippen LogP contribution in [0.2, 0.25) is 0 Å². The molecule has 1 fully saturated rings. The molecule has 2 aliphatic heterocycles. The number of halogens is 1. The van der Waals surface area contributed by atoms with Gasteiger partial charge in [-0.25, -0.2) is 9.98 Å². The Bertz CT molecular complexity index is 948. The maximum Gasteiger partial charge on any atom is 0.170 e. The number of amidine groups is 2. The van der Waals surface area contributed by atoms with Crippen molar-refractivity contribution in [3.8, 4) is 5.75 Å². The van der Waals surface area contributed by atoms with Crippen molar-refractivity contribution < 1.29 is 9.47 Å². The topological polar surface area (TPSA) is 46.4 Å². The number of anilines is 1. The average Bonchev–Trinajstić information content (AvgIpc) is 3.00. The zero-order valence-corrected chi connectivity index (χ0v) is 20.9. The lowest BCUT2D eigenvalue weighted by molar-refractivity contribution is -0.0663. The van der Waals surface area contributed by atoms with Crippen LogP contribution in [-0.2, 0) is 4.74 Å². The summed E-state index contributed by atoms with van der Waals surface area (Å²) in [6.45, 7) is 4.96. The van der Waals surface area contributed by atoms with Crippen LogP contribution in [0.15, 0.2) is 64.6 Å². The van der Waals surface area contributed by atoms with Gasteiger partial charge in [-0.15, -0.1) is 24.0 Å². The monoisotopic (exact) mass is 537 g/mol. The predicted molar refractivity (Wildman–Crippen MR) is 137 cm³/mol. The molecule has 0 aromatic heterocycles. The second-order valence-electron chi connectivity index (χ2n) is 7.97. The number of hydrogen-bond acceptors (Lipinski definition) is 5. The Morgan fingerprint density at radius 3 is 2.57 bits per heavy atom. The molecule has 5 nitrogen and oxygen atoms in total. The number of aliphatic imine (C=N–C) groups is 2. The van der Waals surface area contributed by atoms with Crippen LogP contribution < -0.4 is 9.64 Å². The maximum absolute atomic E-state index is 6.08. The van der Waals surface area contributed by atoms with E-state index < -0.39 is 0 Å². The van der Waals surface area contributed by atoms with Crippen molar-refractivity contribution in [2.24, 2.45) is 9.98 Å². The molecule has 7 heteroatoms. The standard InChI is InChI=1S/C23H27N3O2S.HI/c1-22(2)16-23(13-14-28-22)20(24-17-9-6-5-7-10-17)25-21(29-4)26(23)18-11-8-12-19(15-18)27-3;/h5-12,15H,13-14,16H2,1-4H3;1H. The van der Waals surface area contributed by atoms with Gasteiger partial charge in [-0.3, -0.25) is 0 Å². The first-order valence-electron chi connectivity index (χ1n) is 9.83. The highest BCUT2D eigenvalue weighted by molar-refractivity contribution is 14.0. The Morgan fingerprint density at radius 1 is 1.13 bits per heavy atom. The Balaban J connectivity index is 0.00000256. The third kappa shape index (κ3) is 4.38. The molecule has 1 spiro atoms. The third-order valence-electron chi connectivity index (χ3n) is 5.45. The highest BCUT2D eigenvalue weighted by Crippen LogP contribution is 2.46. The van der Waals surface area contributed by atoms with Gasteiger partial charge in [-0.05, 0) is 44.4 Å². The lowest BCUT2D eigenvalue weighted by atomic mass is 9.79. The van der Waals surface area contributed by atoms with E-state index in [4.69, 9.17) is 19.5 Å². The Hall–Kier alpha value is -1.58. The quantitative estimate of drug-likeness (QED) is 0.457. The van der Waals surface area contributed by atoms with E-state index in [1.807, 2.05) is 42.5 Å². The lowest BCUT2D eigenvalue weighted by Gasteiger charge is -2.47. The molecule has 1 saturated heterocycles. The van der Waals surface area contributed by atoms with Crippen LogP contribution in [0.3, 0.4) is 0 Å². The van der Waals surface area contributed by atoms with Crippen molar-refractivity contribution in [1.82, 2.24) is 0 Å². The van der Waals surface area contributed by atoms with E-state index in [0.717, 1.165) is 41.0 Å². The van der Waals surface area contributed by atoms with Crippen LogP contribution in [0, 0.1) is 0 Å². The highest BCUT2D eigenvalue weighted by atomic mass is 127. The summed E-state index contributed by atoms with van der Waals surface area (Å²) in [6.07, 6.45) is 3.69. The van der Waals surface area contributed by atoms with Crippen LogP contribution in [-0.4, -0.2) is 42.1 Å². The Morgan fingerprint density at radius 2 is 1.90 bits per heavy atom. The minimum Gasteiger partial charge on any atom is -0.497 e. The van der Waals surface area contributed by atoms with Crippen LogP contribution in [0.4, 0.5) is 11.4 Å². The fraction of sp³-hybridized carbons (Fsp3) is 0.391. The highest BCUT2D eigenvalue weighted by Gasteiger charge is 2.54. The molecule has 1 unspecified atom stereocenters. The number of benzene rings is 2. The largest absolute Gasteiger partial charge is 0.497 e. The van der Waals surface area contributed by atoms with Gasteiger partial charge in [0, 0.05) is 31.2 Å². The number of rotatable bonds is 3. The van der Waals surface area contributed by atoms with Crippen molar-refractivity contribution in [1.29, 1.82) is 0 Å². The summed E-state index contributed by atoms with van der Waals surface area (Å²) in [7, 11) is 1.70. The molecular formula is C23H28IN3O2S. The third-order valence-corrected chi connectivity index (χ3v) is 6.09. The molecule has 0 bridgehead atoms. The molecule has 4 rings (SSSR count). The Labute approximate surface area is 200 Å². The molecule has 2 aromatic carbocycles. The second-order valence-corrected chi connectivity index (χ2v) is 8.75. The summed E-state index contributed by atoms with van der Waals surface area (Å²) >= 11 is 1.64. The molecule has 0 N–H and O–H groups in total. The number of nitrogens with zero attached hydrogens (tertiary/aromatic N) is 3. The van der Waals surface area contributed by atoms with Crippen LogP contribution >= 0.6 is 35.7 Å². The summed E-state index contributed by atoms with van der Waals surface area (Å²) in [5.41, 5.74) is 1.36. The first-order chi connectivity index (χ1) is 14.0. The zero-order chi connectivity index (χ0) is 20.5. The molecular weight excluding hydrogens is 509 g/mol. The van der Waals surface area contributed by atoms with Gasteiger partial charge in [0.2, 0.25) is 0 Å². The number of thioether (sulfide) groups is 1. The summed E-state index contributed by atoms with van der Waals surface area (Å²) in [4.78, 5) is 12.4. The summed E-state index contributed by atoms with van der Waals surface area (Å²) in [5, 5.41) is 0.950. The van der Waals surface area contributed by atoms with Crippen LogP contribution in [0.5, 0.6) is 5.75 Å². The predicted octanol–water partition coefficient (Wildman–Crippen LogP) is 5.91. The maximum atomic E-state index is 6.08. The smallest absolute Gasteiger partial charge is 0.170 e. The van der Waals surface area contributed by atoms with Crippen molar-refractivity contribution in [3.63, 3.8) is 0 Å². The summed E-state index contributed by atoms with van der Waals surface area (Å²) in [6, 6.07) is 18.2.